The molecule has 0 atom stereocenters. The summed E-state index contributed by atoms with van der Waals surface area (Å²) >= 11 is 1.44. The minimum Gasteiger partial charge on any atom is -0.330 e. The smallest absolute Gasteiger partial charge is 0.226 e. The van der Waals surface area contributed by atoms with Gasteiger partial charge in [-0.1, -0.05) is 12.1 Å². The Morgan fingerprint density at radius 2 is 2.15 bits per heavy atom. The molecule has 0 aliphatic carbocycles. The minimum atomic E-state index is -0.0311. The summed E-state index contributed by atoms with van der Waals surface area (Å²) in [5.41, 5.74) is 9.86. The van der Waals surface area contributed by atoms with Crippen LogP contribution in [-0.2, 0) is 4.79 Å². The van der Waals surface area contributed by atoms with E-state index in [2.05, 4.69) is 42.3 Å². The normalized spacial score (nSPS) is 10.6. The molecule has 0 fully saturated rings. The van der Waals surface area contributed by atoms with Crippen molar-refractivity contribution in [2.45, 2.75) is 26.7 Å². The van der Waals surface area contributed by atoms with Crippen LogP contribution >= 0.6 is 11.3 Å². The Labute approximate surface area is 123 Å². The third-order valence-electron chi connectivity index (χ3n) is 3.16. The Hall–Kier alpha value is -1.72. The van der Waals surface area contributed by atoms with Crippen molar-refractivity contribution in [3.8, 4) is 11.3 Å². The predicted molar refractivity (Wildman–Crippen MR) is 83.9 cm³/mol. The third kappa shape index (κ3) is 3.65. The van der Waals surface area contributed by atoms with Crippen molar-refractivity contribution in [1.82, 2.24) is 4.98 Å². The Kier molecular flexibility index (Phi) is 4.87. The summed E-state index contributed by atoms with van der Waals surface area (Å²) in [6.07, 6.45) is 1.14. The van der Waals surface area contributed by atoms with Gasteiger partial charge in [-0.05, 0) is 44.0 Å². The van der Waals surface area contributed by atoms with E-state index in [1.807, 2.05) is 5.38 Å². The maximum absolute atomic E-state index is 11.6. The molecule has 1 amide bonds. The topological polar surface area (TPSA) is 68.0 Å². The molecule has 1 aromatic heterocycles. The lowest BCUT2D eigenvalue weighted by molar-refractivity contribution is -0.116. The number of thiazole rings is 1. The minimum absolute atomic E-state index is 0.0311. The number of benzene rings is 1. The van der Waals surface area contributed by atoms with Gasteiger partial charge in [-0.3, -0.25) is 4.79 Å². The maximum atomic E-state index is 11.6. The number of nitrogens with two attached hydrogens (primary N) is 1. The molecule has 0 spiro atoms. The van der Waals surface area contributed by atoms with E-state index in [0.717, 1.165) is 11.3 Å². The van der Waals surface area contributed by atoms with E-state index in [0.29, 0.717) is 24.5 Å². The van der Waals surface area contributed by atoms with Crippen LogP contribution in [0.2, 0.25) is 0 Å². The average molecular weight is 289 g/mol. The van der Waals surface area contributed by atoms with Crippen molar-refractivity contribution in [3.05, 3.63) is 34.7 Å². The molecule has 0 saturated heterocycles. The summed E-state index contributed by atoms with van der Waals surface area (Å²) in [7, 11) is 0. The number of aromatic nitrogens is 1. The molecule has 2 rings (SSSR count). The number of carbonyl (C=O) groups excluding carboxylic acids is 1. The van der Waals surface area contributed by atoms with E-state index in [9.17, 15) is 4.79 Å². The fourth-order valence-electron chi connectivity index (χ4n) is 1.81. The van der Waals surface area contributed by atoms with Gasteiger partial charge >= 0.3 is 0 Å². The average Bonchev–Trinajstić information content (AvgIpc) is 2.88. The monoisotopic (exact) mass is 289 g/mol. The molecule has 0 bridgehead atoms. The van der Waals surface area contributed by atoms with E-state index in [1.54, 1.807) is 0 Å². The number of anilines is 1. The van der Waals surface area contributed by atoms with Crippen molar-refractivity contribution < 1.29 is 4.79 Å². The van der Waals surface area contributed by atoms with Gasteiger partial charge in [0.25, 0.3) is 0 Å². The van der Waals surface area contributed by atoms with Crippen LogP contribution in [0.1, 0.15) is 24.0 Å². The predicted octanol–water partition coefficient (Wildman–Crippen LogP) is 3.10. The molecule has 106 valence electrons. The quantitative estimate of drug-likeness (QED) is 0.888. The molecule has 0 aliphatic rings. The molecule has 0 saturated carbocycles. The number of aryl methyl sites for hydroxylation is 2. The van der Waals surface area contributed by atoms with Gasteiger partial charge in [0.1, 0.15) is 0 Å². The first-order chi connectivity index (χ1) is 9.60. The standard InChI is InChI=1S/C15H19N3OS/c1-10-5-6-12(8-11(10)2)13-9-20-15(17-13)18-14(19)4-3-7-16/h5-6,8-9H,3-4,7,16H2,1-2H3,(H,17,18,19). The molecule has 3 N–H and O–H groups in total. The Morgan fingerprint density at radius 3 is 2.85 bits per heavy atom. The first-order valence-corrected chi connectivity index (χ1v) is 7.51. The third-order valence-corrected chi connectivity index (χ3v) is 3.92. The van der Waals surface area contributed by atoms with Crippen LogP contribution in [0.15, 0.2) is 23.6 Å². The molecule has 0 aliphatic heterocycles. The number of hydrogen-bond acceptors (Lipinski definition) is 4. The van der Waals surface area contributed by atoms with Gasteiger partial charge in [0.2, 0.25) is 5.91 Å². The van der Waals surface area contributed by atoms with E-state index in [-0.39, 0.29) is 5.91 Å². The number of nitrogens with zero attached hydrogens (tertiary/aromatic N) is 1. The van der Waals surface area contributed by atoms with Gasteiger partial charge in [0, 0.05) is 17.4 Å². The number of amides is 1. The zero-order valence-corrected chi connectivity index (χ0v) is 12.6. The van der Waals surface area contributed by atoms with E-state index in [4.69, 9.17) is 5.73 Å². The van der Waals surface area contributed by atoms with Crippen LogP contribution in [0.4, 0.5) is 5.13 Å². The second-order valence-corrected chi connectivity index (χ2v) is 5.64. The van der Waals surface area contributed by atoms with Crippen LogP contribution in [0.5, 0.6) is 0 Å². The molecular formula is C15H19N3OS. The highest BCUT2D eigenvalue weighted by molar-refractivity contribution is 7.14. The first-order valence-electron chi connectivity index (χ1n) is 6.63. The van der Waals surface area contributed by atoms with Crippen molar-refractivity contribution >= 4 is 22.4 Å². The second-order valence-electron chi connectivity index (χ2n) is 4.78. The van der Waals surface area contributed by atoms with Gasteiger partial charge in [-0.15, -0.1) is 11.3 Å². The Balaban J connectivity index is 2.08. The van der Waals surface area contributed by atoms with Crippen molar-refractivity contribution in [3.63, 3.8) is 0 Å². The van der Waals surface area contributed by atoms with Crippen molar-refractivity contribution in [2.24, 2.45) is 5.73 Å². The molecule has 5 heteroatoms. The maximum Gasteiger partial charge on any atom is 0.226 e. The molecule has 4 nitrogen and oxygen atoms in total. The lowest BCUT2D eigenvalue weighted by Gasteiger charge is -2.02. The summed E-state index contributed by atoms with van der Waals surface area (Å²) in [4.78, 5) is 16.1. The van der Waals surface area contributed by atoms with Crippen molar-refractivity contribution in [2.75, 3.05) is 11.9 Å². The molecule has 20 heavy (non-hydrogen) atoms. The summed E-state index contributed by atoms with van der Waals surface area (Å²) in [6, 6.07) is 6.26. The van der Waals surface area contributed by atoms with E-state index >= 15 is 0 Å². The molecular weight excluding hydrogens is 270 g/mol. The van der Waals surface area contributed by atoms with E-state index in [1.165, 1.54) is 22.5 Å². The number of nitrogens with one attached hydrogen (secondary N) is 1. The van der Waals surface area contributed by atoms with Crippen molar-refractivity contribution in [1.29, 1.82) is 0 Å². The lowest BCUT2D eigenvalue weighted by atomic mass is 10.1. The molecule has 0 unspecified atom stereocenters. The Bertz CT molecular complexity index is 607. The van der Waals surface area contributed by atoms with E-state index < -0.39 is 0 Å². The largest absolute Gasteiger partial charge is 0.330 e. The van der Waals surface area contributed by atoms with Crippen LogP contribution in [0.3, 0.4) is 0 Å². The molecule has 1 heterocycles. The molecule has 1 aromatic carbocycles. The SMILES string of the molecule is Cc1ccc(-c2csc(NC(=O)CCCN)n2)cc1C. The molecule has 2 aromatic rings. The van der Waals surface area contributed by atoms with Gasteiger partial charge in [-0.2, -0.15) is 0 Å². The van der Waals surface area contributed by atoms with Crippen LogP contribution < -0.4 is 11.1 Å². The van der Waals surface area contributed by atoms with Crippen LogP contribution in [-0.4, -0.2) is 17.4 Å². The molecule has 0 radical (unpaired) electrons. The fraction of sp³-hybridized carbons (Fsp3) is 0.333. The second kappa shape index (κ2) is 6.63. The number of carbonyl (C=O) groups is 1. The summed E-state index contributed by atoms with van der Waals surface area (Å²) < 4.78 is 0. The van der Waals surface area contributed by atoms with Gasteiger partial charge < -0.3 is 11.1 Å². The van der Waals surface area contributed by atoms with Gasteiger partial charge in [-0.25, -0.2) is 4.98 Å². The van der Waals surface area contributed by atoms with Gasteiger partial charge in [0.05, 0.1) is 5.69 Å². The van der Waals surface area contributed by atoms with Crippen LogP contribution in [0, 0.1) is 13.8 Å². The fourth-order valence-corrected chi connectivity index (χ4v) is 2.54. The van der Waals surface area contributed by atoms with Gasteiger partial charge in [0.15, 0.2) is 5.13 Å². The summed E-state index contributed by atoms with van der Waals surface area (Å²) in [5, 5.41) is 5.41. The highest BCUT2D eigenvalue weighted by Crippen LogP contribution is 2.26. The highest BCUT2D eigenvalue weighted by Gasteiger charge is 2.08. The highest BCUT2D eigenvalue weighted by atomic mass is 32.1. The number of hydrogen-bond donors (Lipinski definition) is 2. The lowest BCUT2D eigenvalue weighted by Crippen LogP contribution is -2.13. The Morgan fingerprint density at radius 1 is 1.35 bits per heavy atom. The zero-order chi connectivity index (χ0) is 14.5. The van der Waals surface area contributed by atoms with Crippen LogP contribution in [0.25, 0.3) is 11.3 Å². The zero-order valence-electron chi connectivity index (χ0n) is 11.8. The first kappa shape index (κ1) is 14.7. The summed E-state index contributed by atoms with van der Waals surface area (Å²) in [5.74, 6) is -0.0311. The summed E-state index contributed by atoms with van der Waals surface area (Å²) in [6.45, 7) is 4.70. The number of rotatable bonds is 5.